The molecule has 27 heavy (non-hydrogen) atoms. The maximum atomic E-state index is 13.6. The molecule has 4 rings (SSSR count). The minimum Gasteiger partial charge on any atom is -0.462 e. The zero-order chi connectivity index (χ0) is 19.2. The fourth-order valence-electron chi connectivity index (χ4n) is 3.92. The molecule has 0 bridgehead atoms. The molecule has 6 heteroatoms. The van der Waals surface area contributed by atoms with Gasteiger partial charge in [0.1, 0.15) is 0 Å². The fraction of sp³-hybridized carbons (Fsp3) is 0.381. The quantitative estimate of drug-likeness (QED) is 0.682. The van der Waals surface area contributed by atoms with Gasteiger partial charge in [-0.1, -0.05) is 18.2 Å². The van der Waals surface area contributed by atoms with Crippen molar-refractivity contribution in [3.63, 3.8) is 0 Å². The van der Waals surface area contributed by atoms with Crippen molar-refractivity contribution < 1.29 is 22.7 Å². The van der Waals surface area contributed by atoms with Crippen molar-refractivity contribution in [3.05, 3.63) is 64.4 Å². The van der Waals surface area contributed by atoms with E-state index in [1.807, 2.05) is 0 Å². The lowest BCUT2D eigenvalue weighted by Crippen LogP contribution is -2.31. The third-order valence-electron chi connectivity index (χ3n) is 5.19. The van der Waals surface area contributed by atoms with Crippen LogP contribution in [0.5, 0.6) is 0 Å². The third-order valence-corrected chi connectivity index (χ3v) is 5.19. The van der Waals surface area contributed by atoms with E-state index in [0.29, 0.717) is 17.7 Å². The number of ether oxygens (including phenoxy) is 1. The zero-order valence-electron chi connectivity index (χ0n) is 15.0. The van der Waals surface area contributed by atoms with Crippen LogP contribution in [-0.2, 0) is 15.7 Å². The number of carbonyl (C=O) groups is 1. The van der Waals surface area contributed by atoms with Crippen LogP contribution in [0.1, 0.15) is 38.2 Å². The van der Waals surface area contributed by atoms with Gasteiger partial charge in [-0.25, -0.2) is 4.79 Å². The van der Waals surface area contributed by atoms with Gasteiger partial charge in [-0.05, 0) is 62.0 Å². The van der Waals surface area contributed by atoms with Crippen molar-refractivity contribution in [2.24, 2.45) is 0 Å². The van der Waals surface area contributed by atoms with Gasteiger partial charge < -0.3 is 9.64 Å². The van der Waals surface area contributed by atoms with Crippen LogP contribution in [0.4, 0.5) is 18.9 Å². The summed E-state index contributed by atoms with van der Waals surface area (Å²) in [6.07, 6.45) is 2.59. The molecule has 1 aliphatic heterocycles. The number of alkyl halides is 3. The highest BCUT2D eigenvalue weighted by Crippen LogP contribution is 2.51. The number of carbonyl (C=O) groups excluding carboxylic acids is 1. The topological polar surface area (TPSA) is 29.5 Å². The summed E-state index contributed by atoms with van der Waals surface area (Å²) < 4.78 is 46.0. The van der Waals surface area contributed by atoms with E-state index >= 15 is 0 Å². The summed E-state index contributed by atoms with van der Waals surface area (Å²) in [7, 11) is 0. The molecule has 0 N–H and O–H groups in total. The van der Waals surface area contributed by atoms with E-state index in [2.05, 4.69) is 6.08 Å². The summed E-state index contributed by atoms with van der Waals surface area (Å²) in [4.78, 5) is 14.1. The van der Waals surface area contributed by atoms with Crippen molar-refractivity contribution in [2.75, 3.05) is 11.5 Å². The summed E-state index contributed by atoms with van der Waals surface area (Å²) in [6.45, 7) is 2.01. The summed E-state index contributed by atoms with van der Waals surface area (Å²) in [6, 6.07) is 5.44. The highest BCUT2D eigenvalue weighted by molar-refractivity contribution is 5.96. The van der Waals surface area contributed by atoms with Crippen molar-refractivity contribution in [3.8, 4) is 0 Å². The van der Waals surface area contributed by atoms with Crippen molar-refractivity contribution in [1.29, 1.82) is 0 Å². The monoisotopic (exact) mass is 375 g/mol. The molecule has 0 spiro atoms. The number of fused-ring (bicyclic) bond motifs is 1. The second-order valence-corrected chi connectivity index (χ2v) is 6.92. The van der Waals surface area contributed by atoms with E-state index in [9.17, 15) is 18.0 Å². The van der Waals surface area contributed by atoms with Gasteiger partial charge in [0.15, 0.2) is 0 Å². The predicted molar refractivity (Wildman–Crippen MR) is 96.0 cm³/mol. The minimum atomic E-state index is -4.44. The number of hydrogen-bond acceptors (Lipinski definition) is 3. The number of allylic oxidation sites excluding steroid dienone is 2. The van der Waals surface area contributed by atoms with Crippen LogP contribution in [0.15, 0.2) is 58.8 Å². The molecular weight excluding hydrogens is 355 g/mol. The SMILES string of the molecule is CCOC(=O)C1=C2CC2N(c2ccccc2C(F)(F)F)C(C2=CCCC2)=C1. The molecule has 3 aliphatic rings. The molecule has 1 atom stereocenters. The Balaban J connectivity index is 1.81. The lowest BCUT2D eigenvalue weighted by molar-refractivity contribution is -0.138. The lowest BCUT2D eigenvalue weighted by Gasteiger charge is -2.33. The molecular formula is C21H20F3NO2. The Hall–Kier alpha value is -2.50. The van der Waals surface area contributed by atoms with E-state index in [-0.39, 0.29) is 18.3 Å². The summed E-state index contributed by atoms with van der Waals surface area (Å²) in [5, 5.41) is 0. The first kappa shape index (κ1) is 17.9. The third kappa shape index (κ3) is 3.17. The van der Waals surface area contributed by atoms with Crippen molar-refractivity contribution >= 4 is 11.7 Å². The highest BCUT2D eigenvalue weighted by atomic mass is 19.4. The molecule has 3 nitrogen and oxygen atoms in total. The average Bonchev–Trinajstić information content (AvgIpc) is 3.23. The maximum Gasteiger partial charge on any atom is 0.418 e. The molecule has 1 heterocycles. The highest BCUT2D eigenvalue weighted by Gasteiger charge is 2.47. The first-order valence-corrected chi connectivity index (χ1v) is 9.18. The van der Waals surface area contributed by atoms with E-state index < -0.39 is 17.7 Å². The molecule has 142 valence electrons. The molecule has 0 saturated heterocycles. The summed E-state index contributed by atoms with van der Waals surface area (Å²) in [5.41, 5.74) is 2.55. The van der Waals surface area contributed by atoms with Crippen LogP contribution in [0, 0.1) is 0 Å². The summed E-state index contributed by atoms with van der Waals surface area (Å²) >= 11 is 0. The number of anilines is 1. The Bertz CT molecular complexity index is 880. The lowest BCUT2D eigenvalue weighted by atomic mass is 10.0. The van der Waals surface area contributed by atoms with Gasteiger partial charge in [-0.3, -0.25) is 0 Å². The van der Waals surface area contributed by atoms with Gasteiger partial charge >= 0.3 is 12.1 Å². The zero-order valence-corrected chi connectivity index (χ0v) is 15.0. The van der Waals surface area contributed by atoms with Crippen LogP contribution >= 0.6 is 0 Å². The van der Waals surface area contributed by atoms with E-state index in [0.717, 1.165) is 36.5 Å². The van der Waals surface area contributed by atoms with Crippen molar-refractivity contribution in [2.45, 2.75) is 44.8 Å². The molecule has 1 aromatic carbocycles. The van der Waals surface area contributed by atoms with Gasteiger partial charge in [0.05, 0.1) is 29.5 Å². The molecule has 1 unspecified atom stereocenters. The van der Waals surface area contributed by atoms with Gasteiger partial charge in [0.25, 0.3) is 0 Å². The van der Waals surface area contributed by atoms with Gasteiger partial charge in [-0.2, -0.15) is 13.2 Å². The number of benzene rings is 1. The molecule has 1 aromatic rings. The van der Waals surface area contributed by atoms with Crippen LogP contribution < -0.4 is 4.90 Å². The fourth-order valence-corrected chi connectivity index (χ4v) is 3.92. The Morgan fingerprint density at radius 1 is 1.30 bits per heavy atom. The Morgan fingerprint density at radius 2 is 2.07 bits per heavy atom. The number of hydrogen-bond donors (Lipinski definition) is 0. The number of halogens is 3. The normalized spacial score (nSPS) is 21.6. The van der Waals surface area contributed by atoms with Crippen LogP contribution in [0.2, 0.25) is 0 Å². The van der Waals surface area contributed by atoms with Crippen LogP contribution in [-0.4, -0.2) is 18.6 Å². The average molecular weight is 375 g/mol. The Labute approximate surface area is 155 Å². The van der Waals surface area contributed by atoms with Crippen LogP contribution in [0.3, 0.4) is 0 Å². The smallest absolute Gasteiger partial charge is 0.418 e. The van der Waals surface area contributed by atoms with Gasteiger partial charge in [0.2, 0.25) is 0 Å². The van der Waals surface area contributed by atoms with E-state index in [1.165, 1.54) is 12.1 Å². The second-order valence-electron chi connectivity index (χ2n) is 6.92. The molecule has 1 saturated carbocycles. The van der Waals surface area contributed by atoms with Crippen LogP contribution in [0.25, 0.3) is 0 Å². The Kier molecular flexibility index (Phi) is 4.36. The standard InChI is InChI=1S/C21H20F3NO2/c1-2-27-20(26)15-12-18(13-7-3-4-8-13)25(19-11-14(15)19)17-10-6-5-9-16(17)21(22,23)24/h5-7,9-10,12,19H,2-4,8,11H2,1H3. The number of esters is 1. The maximum absolute atomic E-state index is 13.6. The molecule has 1 fully saturated rings. The number of nitrogens with zero attached hydrogens (tertiary/aromatic N) is 1. The summed E-state index contributed by atoms with van der Waals surface area (Å²) in [5.74, 6) is -0.394. The predicted octanol–water partition coefficient (Wildman–Crippen LogP) is 5.15. The first-order chi connectivity index (χ1) is 12.9. The number of para-hydroxylation sites is 1. The number of rotatable bonds is 4. The van der Waals surface area contributed by atoms with Crippen molar-refractivity contribution in [1.82, 2.24) is 0 Å². The minimum absolute atomic E-state index is 0.145. The molecule has 2 aliphatic carbocycles. The largest absolute Gasteiger partial charge is 0.462 e. The molecule has 0 radical (unpaired) electrons. The first-order valence-electron chi connectivity index (χ1n) is 9.18. The second kappa shape index (κ2) is 6.59. The van der Waals surface area contributed by atoms with E-state index in [4.69, 9.17) is 4.74 Å². The Morgan fingerprint density at radius 3 is 2.74 bits per heavy atom. The van der Waals surface area contributed by atoms with Gasteiger partial charge in [-0.15, -0.1) is 0 Å². The van der Waals surface area contributed by atoms with E-state index in [1.54, 1.807) is 24.0 Å². The molecule has 0 amide bonds. The van der Waals surface area contributed by atoms with Gasteiger partial charge in [0, 0.05) is 5.70 Å². The molecule has 0 aromatic heterocycles.